The van der Waals surface area contributed by atoms with E-state index in [0.717, 1.165) is 38.5 Å². The number of hydrogen-bond acceptors (Lipinski definition) is 4. The highest BCUT2D eigenvalue weighted by atomic mass is 32.1. The maximum Gasteiger partial charge on any atom is 0.257 e. The van der Waals surface area contributed by atoms with Gasteiger partial charge in [0, 0.05) is 38.3 Å². The average molecular weight is 412 g/mol. The van der Waals surface area contributed by atoms with E-state index >= 15 is 0 Å². The van der Waals surface area contributed by atoms with E-state index < -0.39 is 0 Å². The Balaban J connectivity index is 1.45. The second-order valence-electron chi connectivity index (χ2n) is 7.74. The molecule has 29 heavy (non-hydrogen) atoms. The summed E-state index contributed by atoms with van der Waals surface area (Å²) in [6.45, 7) is 9.28. The quantitative estimate of drug-likeness (QED) is 0.737. The summed E-state index contributed by atoms with van der Waals surface area (Å²) in [5, 5.41) is 3.35. The van der Waals surface area contributed by atoms with Crippen LogP contribution in [-0.4, -0.2) is 53.6 Å². The SMILES string of the molecule is CC(C)COc1ccc(C(=O)NC(=S)N2CCN(Cc3ccccc3)CC2)cc1. The van der Waals surface area contributed by atoms with Crippen LogP contribution >= 0.6 is 12.2 Å². The summed E-state index contributed by atoms with van der Waals surface area (Å²) in [6, 6.07) is 17.7. The zero-order chi connectivity index (χ0) is 20.6. The van der Waals surface area contributed by atoms with Crippen molar-refractivity contribution in [2.75, 3.05) is 32.8 Å². The van der Waals surface area contributed by atoms with Gasteiger partial charge in [-0.2, -0.15) is 0 Å². The summed E-state index contributed by atoms with van der Waals surface area (Å²) in [4.78, 5) is 17.0. The lowest BCUT2D eigenvalue weighted by molar-refractivity contribution is 0.0969. The van der Waals surface area contributed by atoms with Crippen LogP contribution in [0.2, 0.25) is 0 Å². The van der Waals surface area contributed by atoms with Gasteiger partial charge in [-0.3, -0.25) is 15.0 Å². The Hall–Kier alpha value is -2.44. The Morgan fingerprint density at radius 3 is 2.31 bits per heavy atom. The van der Waals surface area contributed by atoms with Crippen LogP contribution in [0, 0.1) is 5.92 Å². The van der Waals surface area contributed by atoms with Gasteiger partial charge in [0.15, 0.2) is 5.11 Å². The highest BCUT2D eigenvalue weighted by Crippen LogP contribution is 2.14. The molecule has 0 atom stereocenters. The van der Waals surface area contributed by atoms with Gasteiger partial charge in [-0.1, -0.05) is 44.2 Å². The minimum atomic E-state index is -0.183. The van der Waals surface area contributed by atoms with E-state index in [1.807, 2.05) is 18.2 Å². The Labute approximate surface area is 178 Å². The number of ether oxygens (including phenoxy) is 1. The molecule has 2 aromatic carbocycles. The Kier molecular flexibility index (Phi) is 7.61. The van der Waals surface area contributed by atoms with Gasteiger partial charge in [-0.05, 0) is 48.0 Å². The maximum absolute atomic E-state index is 12.5. The van der Waals surface area contributed by atoms with Crippen LogP contribution in [0.1, 0.15) is 29.8 Å². The molecule has 0 bridgehead atoms. The number of benzene rings is 2. The fraction of sp³-hybridized carbons (Fsp3) is 0.391. The molecule has 1 aliphatic heterocycles. The molecule has 0 aliphatic carbocycles. The highest BCUT2D eigenvalue weighted by Gasteiger charge is 2.20. The van der Waals surface area contributed by atoms with E-state index in [-0.39, 0.29) is 5.91 Å². The van der Waals surface area contributed by atoms with Crippen LogP contribution in [0.15, 0.2) is 54.6 Å². The van der Waals surface area contributed by atoms with Gasteiger partial charge >= 0.3 is 0 Å². The van der Waals surface area contributed by atoms with Crippen molar-refractivity contribution in [3.05, 3.63) is 65.7 Å². The number of amides is 1. The summed E-state index contributed by atoms with van der Waals surface area (Å²) >= 11 is 5.47. The smallest absolute Gasteiger partial charge is 0.257 e. The lowest BCUT2D eigenvalue weighted by atomic mass is 10.2. The number of nitrogens with zero attached hydrogens (tertiary/aromatic N) is 2. The summed E-state index contributed by atoms with van der Waals surface area (Å²) in [7, 11) is 0. The van der Waals surface area contributed by atoms with E-state index in [1.165, 1.54) is 5.56 Å². The van der Waals surface area contributed by atoms with Crippen LogP contribution < -0.4 is 10.1 Å². The van der Waals surface area contributed by atoms with Gasteiger partial charge in [0.1, 0.15) is 5.75 Å². The highest BCUT2D eigenvalue weighted by molar-refractivity contribution is 7.80. The third-order valence-electron chi connectivity index (χ3n) is 4.83. The number of nitrogens with one attached hydrogen (secondary N) is 1. The van der Waals surface area contributed by atoms with Crippen LogP contribution in [0.4, 0.5) is 0 Å². The molecule has 2 aromatic rings. The van der Waals surface area contributed by atoms with E-state index in [2.05, 4.69) is 53.2 Å². The lowest BCUT2D eigenvalue weighted by Gasteiger charge is -2.36. The van der Waals surface area contributed by atoms with E-state index in [1.54, 1.807) is 12.1 Å². The zero-order valence-electron chi connectivity index (χ0n) is 17.1. The number of carbonyl (C=O) groups excluding carboxylic acids is 1. The Morgan fingerprint density at radius 2 is 1.69 bits per heavy atom. The first kappa shape index (κ1) is 21.3. The lowest BCUT2D eigenvalue weighted by Crippen LogP contribution is -2.52. The first-order valence-electron chi connectivity index (χ1n) is 10.1. The van der Waals surface area contributed by atoms with Gasteiger partial charge in [-0.15, -0.1) is 0 Å². The molecular formula is C23H29N3O2S. The molecule has 0 saturated carbocycles. The van der Waals surface area contributed by atoms with Crippen molar-refractivity contribution >= 4 is 23.2 Å². The molecule has 1 aliphatic rings. The number of thiocarbonyl (C=S) groups is 1. The Bertz CT molecular complexity index is 801. The normalized spacial score (nSPS) is 14.7. The maximum atomic E-state index is 12.5. The summed E-state index contributed by atoms with van der Waals surface area (Å²) in [5.74, 6) is 1.05. The van der Waals surface area contributed by atoms with Gasteiger partial charge in [0.2, 0.25) is 0 Å². The van der Waals surface area contributed by atoms with Gasteiger partial charge in [0.05, 0.1) is 6.61 Å². The molecule has 0 aromatic heterocycles. The third-order valence-corrected chi connectivity index (χ3v) is 5.19. The second-order valence-corrected chi connectivity index (χ2v) is 8.12. The van der Waals surface area contributed by atoms with Crippen molar-refractivity contribution in [3.63, 3.8) is 0 Å². The van der Waals surface area contributed by atoms with Gasteiger partial charge in [-0.25, -0.2) is 0 Å². The van der Waals surface area contributed by atoms with E-state index in [9.17, 15) is 4.79 Å². The molecular weight excluding hydrogens is 382 g/mol. The topological polar surface area (TPSA) is 44.8 Å². The van der Waals surface area contributed by atoms with Crippen molar-refractivity contribution in [2.24, 2.45) is 5.92 Å². The first-order valence-corrected chi connectivity index (χ1v) is 10.5. The number of carbonyl (C=O) groups is 1. The molecule has 6 heteroatoms. The fourth-order valence-electron chi connectivity index (χ4n) is 3.16. The number of piperazine rings is 1. The van der Waals surface area contributed by atoms with Crippen LogP contribution in [0.5, 0.6) is 5.75 Å². The predicted octanol–water partition coefficient (Wildman–Crippen LogP) is 3.55. The molecule has 1 fully saturated rings. The zero-order valence-corrected chi connectivity index (χ0v) is 18.0. The summed E-state index contributed by atoms with van der Waals surface area (Å²) < 4.78 is 5.66. The largest absolute Gasteiger partial charge is 0.493 e. The van der Waals surface area contributed by atoms with Crippen molar-refractivity contribution in [1.29, 1.82) is 0 Å². The molecule has 1 amide bonds. The van der Waals surface area contributed by atoms with E-state index in [4.69, 9.17) is 17.0 Å². The second kappa shape index (κ2) is 10.4. The molecule has 0 spiro atoms. The molecule has 1 heterocycles. The minimum absolute atomic E-state index is 0.183. The van der Waals surface area contributed by atoms with E-state index in [0.29, 0.717) is 23.2 Å². The molecule has 0 radical (unpaired) electrons. The first-order chi connectivity index (χ1) is 14.0. The molecule has 0 unspecified atom stereocenters. The molecule has 5 nitrogen and oxygen atoms in total. The number of hydrogen-bond donors (Lipinski definition) is 1. The van der Waals surface area contributed by atoms with Crippen molar-refractivity contribution in [1.82, 2.24) is 15.1 Å². The average Bonchev–Trinajstić information content (AvgIpc) is 2.74. The van der Waals surface area contributed by atoms with Gasteiger partial charge in [0.25, 0.3) is 5.91 Å². The molecule has 1 N–H and O–H groups in total. The summed E-state index contributed by atoms with van der Waals surface area (Å²) in [5.41, 5.74) is 1.89. The number of rotatable bonds is 6. The minimum Gasteiger partial charge on any atom is -0.493 e. The Morgan fingerprint density at radius 1 is 1.03 bits per heavy atom. The predicted molar refractivity (Wildman–Crippen MR) is 120 cm³/mol. The standard InChI is InChI=1S/C23H29N3O2S/c1-18(2)17-28-21-10-8-20(9-11-21)22(27)24-23(29)26-14-12-25(13-15-26)16-19-6-4-3-5-7-19/h3-11,18H,12-17H2,1-2H3,(H,24,27,29). The monoisotopic (exact) mass is 411 g/mol. The van der Waals surface area contributed by atoms with Crippen molar-refractivity contribution in [3.8, 4) is 5.75 Å². The molecule has 3 rings (SSSR count). The van der Waals surface area contributed by atoms with Gasteiger partial charge < -0.3 is 9.64 Å². The van der Waals surface area contributed by atoms with Crippen LogP contribution in [-0.2, 0) is 6.54 Å². The van der Waals surface area contributed by atoms with Crippen molar-refractivity contribution < 1.29 is 9.53 Å². The third kappa shape index (κ3) is 6.54. The molecule has 154 valence electrons. The fourth-order valence-corrected chi connectivity index (χ4v) is 3.44. The molecule has 1 saturated heterocycles. The summed E-state index contributed by atoms with van der Waals surface area (Å²) in [6.07, 6.45) is 0. The van der Waals surface area contributed by atoms with Crippen LogP contribution in [0.3, 0.4) is 0 Å². The van der Waals surface area contributed by atoms with Crippen LogP contribution in [0.25, 0.3) is 0 Å². The van der Waals surface area contributed by atoms with Crippen molar-refractivity contribution in [2.45, 2.75) is 20.4 Å².